The fourth-order valence-electron chi connectivity index (χ4n) is 1.13. The highest BCUT2D eigenvalue weighted by Gasteiger charge is 2.22. The molecule has 0 aliphatic rings. The van der Waals surface area contributed by atoms with Crippen molar-refractivity contribution in [1.82, 2.24) is 0 Å². The first kappa shape index (κ1) is 14.0. The molecule has 1 aromatic rings. The lowest BCUT2D eigenvalue weighted by molar-refractivity contribution is -0.387. The Morgan fingerprint density at radius 3 is 2.56 bits per heavy atom. The van der Waals surface area contributed by atoms with Crippen LogP contribution in [0.1, 0.15) is 10.4 Å². The zero-order valence-electron chi connectivity index (χ0n) is 9.31. The van der Waals surface area contributed by atoms with Crippen LogP contribution in [0, 0.1) is 21.7 Å². The second-order valence-electron chi connectivity index (χ2n) is 3.17. The number of methoxy groups -OCH3 is 1. The Labute approximate surface area is 100 Å². The minimum absolute atomic E-state index is 0.100. The summed E-state index contributed by atoms with van der Waals surface area (Å²) in [5.41, 5.74) is -1.74. The maximum Gasteiger partial charge on any atom is 0.341 e. The predicted octanol–water partition coefficient (Wildman–Crippen LogP) is 1.68. The van der Waals surface area contributed by atoms with Crippen LogP contribution in [-0.4, -0.2) is 31.2 Å². The van der Waals surface area contributed by atoms with Crippen LogP contribution in [0.2, 0.25) is 0 Å². The number of halogens is 2. The molecule has 0 aliphatic heterocycles. The zero-order chi connectivity index (χ0) is 13.7. The highest BCUT2D eigenvalue weighted by Crippen LogP contribution is 2.21. The Bertz CT molecular complexity index is 478. The molecule has 0 amide bonds. The fourth-order valence-corrected chi connectivity index (χ4v) is 1.13. The molecule has 0 saturated carbocycles. The summed E-state index contributed by atoms with van der Waals surface area (Å²) in [6.45, 7) is -0.0315. The molecular weight excluding hydrogens is 252 g/mol. The van der Waals surface area contributed by atoms with Crippen LogP contribution in [-0.2, 0) is 9.47 Å². The summed E-state index contributed by atoms with van der Waals surface area (Å²) in [7, 11) is 1.37. The van der Waals surface area contributed by atoms with E-state index in [2.05, 4.69) is 9.47 Å². The first-order valence-corrected chi connectivity index (χ1v) is 4.77. The standard InChI is InChI=1S/C10H9F2NO5/c1-17-2-3-18-10(14)6-4-8(12)9(13(15)16)5-7(6)11/h4-5H,2-3H2,1H3. The third-order valence-electron chi connectivity index (χ3n) is 1.97. The molecule has 0 saturated heterocycles. The number of benzene rings is 1. The molecule has 0 N–H and O–H groups in total. The van der Waals surface area contributed by atoms with E-state index >= 15 is 0 Å². The molecule has 0 spiro atoms. The predicted molar refractivity (Wildman–Crippen MR) is 55.2 cm³/mol. The first-order chi connectivity index (χ1) is 8.47. The van der Waals surface area contributed by atoms with E-state index < -0.39 is 33.8 Å². The van der Waals surface area contributed by atoms with Gasteiger partial charge in [-0.05, 0) is 6.07 Å². The van der Waals surface area contributed by atoms with Gasteiger partial charge in [0.25, 0.3) is 0 Å². The Morgan fingerprint density at radius 1 is 1.33 bits per heavy atom. The number of nitrogens with zero attached hydrogens (tertiary/aromatic N) is 1. The number of hydrogen-bond donors (Lipinski definition) is 0. The highest BCUT2D eigenvalue weighted by molar-refractivity contribution is 5.90. The maximum atomic E-state index is 13.3. The van der Waals surface area contributed by atoms with Crippen molar-refractivity contribution in [1.29, 1.82) is 0 Å². The monoisotopic (exact) mass is 261 g/mol. The molecule has 18 heavy (non-hydrogen) atoms. The van der Waals surface area contributed by atoms with Gasteiger partial charge in [-0.25, -0.2) is 9.18 Å². The van der Waals surface area contributed by atoms with E-state index in [4.69, 9.17) is 0 Å². The van der Waals surface area contributed by atoms with Gasteiger partial charge >= 0.3 is 11.7 Å². The van der Waals surface area contributed by atoms with Gasteiger partial charge in [-0.1, -0.05) is 0 Å². The number of nitro benzene ring substituents is 1. The van der Waals surface area contributed by atoms with E-state index in [0.717, 1.165) is 0 Å². The molecule has 0 aromatic heterocycles. The van der Waals surface area contributed by atoms with E-state index in [1.807, 2.05) is 0 Å². The largest absolute Gasteiger partial charge is 0.460 e. The molecule has 6 nitrogen and oxygen atoms in total. The maximum absolute atomic E-state index is 13.3. The van der Waals surface area contributed by atoms with Gasteiger partial charge in [0, 0.05) is 7.11 Å². The second-order valence-corrected chi connectivity index (χ2v) is 3.17. The van der Waals surface area contributed by atoms with Crippen molar-refractivity contribution in [2.24, 2.45) is 0 Å². The van der Waals surface area contributed by atoms with Gasteiger partial charge in [-0.3, -0.25) is 10.1 Å². The van der Waals surface area contributed by atoms with Crippen LogP contribution in [0.4, 0.5) is 14.5 Å². The lowest BCUT2D eigenvalue weighted by Crippen LogP contribution is -2.12. The molecule has 1 rings (SSSR count). The van der Waals surface area contributed by atoms with Crippen molar-refractivity contribution in [3.63, 3.8) is 0 Å². The van der Waals surface area contributed by atoms with Crippen LogP contribution >= 0.6 is 0 Å². The van der Waals surface area contributed by atoms with Crippen molar-refractivity contribution >= 4 is 11.7 Å². The number of carbonyl (C=O) groups excluding carboxylic acids is 1. The smallest absolute Gasteiger partial charge is 0.341 e. The molecule has 0 radical (unpaired) electrons. The van der Waals surface area contributed by atoms with E-state index in [-0.39, 0.29) is 13.2 Å². The zero-order valence-corrected chi connectivity index (χ0v) is 9.31. The van der Waals surface area contributed by atoms with Crippen LogP contribution in [0.3, 0.4) is 0 Å². The minimum atomic E-state index is -1.31. The average molecular weight is 261 g/mol. The Kier molecular flexibility index (Phi) is 4.67. The number of hydrogen-bond acceptors (Lipinski definition) is 5. The topological polar surface area (TPSA) is 78.7 Å². The summed E-state index contributed by atoms with van der Waals surface area (Å²) in [6, 6.07) is 0.769. The van der Waals surface area contributed by atoms with Crippen molar-refractivity contribution in [2.45, 2.75) is 0 Å². The molecule has 98 valence electrons. The average Bonchev–Trinajstić information content (AvgIpc) is 2.31. The Hall–Kier alpha value is -2.09. The normalized spacial score (nSPS) is 10.2. The summed E-state index contributed by atoms with van der Waals surface area (Å²) in [4.78, 5) is 20.6. The molecular formula is C10H9F2NO5. The minimum Gasteiger partial charge on any atom is -0.460 e. The van der Waals surface area contributed by atoms with Crippen molar-refractivity contribution in [2.75, 3.05) is 20.3 Å². The molecule has 0 aliphatic carbocycles. The van der Waals surface area contributed by atoms with Crippen LogP contribution in [0.25, 0.3) is 0 Å². The quantitative estimate of drug-likeness (QED) is 0.348. The molecule has 8 heteroatoms. The summed E-state index contributed by atoms with van der Waals surface area (Å²) in [5, 5.41) is 10.3. The number of esters is 1. The van der Waals surface area contributed by atoms with Crippen LogP contribution < -0.4 is 0 Å². The van der Waals surface area contributed by atoms with E-state index in [0.29, 0.717) is 12.1 Å². The second kappa shape index (κ2) is 6.01. The summed E-state index contributed by atoms with van der Waals surface area (Å²) in [6.07, 6.45) is 0. The van der Waals surface area contributed by atoms with E-state index in [1.54, 1.807) is 0 Å². The van der Waals surface area contributed by atoms with Crippen molar-refractivity contribution in [3.8, 4) is 0 Å². The van der Waals surface area contributed by atoms with Crippen molar-refractivity contribution < 1.29 is 28.0 Å². The Balaban J connectivity index is 2.93. The van der Waals surface area contributed by atoms with Gasteiger partial charge in [0.15, 0.2) is 0 Å². The molecule has 0 unspecified atom stereocenters. The number of nitro groups is 1. The van der Waals surface area contributed by atoms with E-state index in [1.165, 1.54) is 7.11 Å². The van der Waals surface area contributed by atoms with Gasteiger partial charge in [-0.2, -0.15) is 4.39 Å². The fraction of sp³-hybridized carbons (Fsp3) is 0.300. The first-order valence-electron chi connectivity index (χ1n) is 4.77. The Morgan fingerprint density at radius 2 is 2.00 bits per heavy atom. The SMILES string of the molecule is COCCOC(=O)c1cc(F)c([N+](=O)[O-])cc1F. The third-order valence-corrected chi connectivity index (χ3v) is 1.97. The third kappa shape index (κ3) is 3.20. The van der Waals surface area contributed by atoms with Gasteiger partial charge in [-0.15, -0.1) is 0 Å². The van der Waals surface area contributed by atoms with E-state index in [9.17, 15) is 23.7 Å². The number of ether oxygens (including phenoxy) is 2. The van der Waals surface area contributed by atoms with Gasteiger partial charge in [0.2, 0.25) is 5.82 Å². The molecule has 1 aromatic carbocycles. The van der Waals surface area contributed by atoms with Gasteiger partial charge < -0.3 is 9.47 Å². The molecule has 0 bridgehead atoms. The summed E-state index contributed by atoms with van der Waals surface area (Å²) in [5.74, 6) is -3.64. The number of rotatable bonds is 5. The highest BCUT2D eigenvalue weighted by atomic mass is 19.1. The lowest BCUT2D eigenvalue weighted by atomic mass is 10.2. The van der Waals surface area contributed by atoms with Gasteiger partial charge in [0.05, 0.1) is 23.2 Å². The summed E-state index contributed by atoms with van der Waals surface area (Å²) >= 11 is 0. The lowest BCUT2D eigenvalue weighted by Gasteiger charge is -2.05. The molecule has 0 heterocycles. The van der Waals surface area contributed by atoms with Crippen LogP contribution in [0.15, 0.2) is 12.1 Å². The number of carbonyl (C=O) groups is 1. The molecule has 0 atom stereocenters. The van der Waals surface area contributed by atoms with Crippen LogP contribution in [0.5, 0.6) is 0 Å². The summed E-state index contributed by atoms with van der Waals surface area (Å²) < 4.78 is 35.7. The van der Waals surface area contributed by atoms with Gasteiger partial charge in [0.1, 0.15) is 12.4 Å². The van der Waals surface area contributed by atoms with Crippen molar-refractivity contribution in [3.05, 3.63) is 39.4 Å². The molecule has 0 fully saturated rings.